The van der Waals surface area contributed by atoms with Crippen LogP contribution in [0.2, 0.25) is 18.1 Å². The monoisotopic (exact) mass is 229 g/mol. The molecule has 0 unspecified atom stereocenters. The van der Waals surface area contributed by atoms with Crippen molar-refractivity contribution in [3.05, 3.63) is 0 Å². The molecule has 0 aromatic heterocycles. The number of amides is 1. The zero-order valence-corrected chi connectivity index (χ0v) is 11.5. The molecule has 0 saturated heterocycles. The van der Waals surface area contributed by atoms with Gasteiger partial charge < -0.3 is 10.2 Å². The van der Waals surface area contributed by atoms with E-state index in [4.69, 9.17) is 10.2 Å². The smallest absolute Gasteiger partial charge is 0.225 e. The van der Waals surface area contributed by atoms with Crippen molar-refractivity contribution in [3.8, 4) is 0 Å². The van der Waals surface area contributed by atoms with Crippen molar-refractivity contribution >= 4 is 14.2 Å². The summed E-state index contributed by atoms with van der Waals surface area (Å²) in [5.74, 6) is -0.193. The Kier molecular flexibility index (Phi) is 3.05. The normalized spacial score (nSPS) is 20.1. The molecule has 1 saturated carbocycles. The van der Waals surface area contributed by atoms with Crippen molar-refractivity contribution in [2.24, 2.45) is 11.1 Å². The molecule has 1 amide bonds. The zero-order chi connectivity index (χ0) is 11.9. The summed E-state index contributed by atoms with van der Waals surface area (Å²) in [6, 6.07) is 0. The molecule has 0 heterocycles. The molecule has 0 aromatic rings. The Bertz CT molecular complexity index is 264. The molecule has 3 nitrogen and oxygen atoms in total. The third-order valence-corrected chi connectivity index (χ3v) is 8.37. The number of carbonyl (C=O) groups is 1. The molecule has 0 aliphatic heterocycles. The first-order valence-electron chi connectivity index (χ1n) is 5.55. The highest BCUT2D eigenvalue weighted by molar-refractivity contribution is 6.74. The number of hydrogen-bond donors (Lipinski definition) is 1. The fraction of sp³-hybridized carbons (Fsp3) is 0.909. The number of carbonyl (C=O) groups excluding carboxylic acids is 1. The maximum absolute atomic E-state index is 11.2. The molecule has 0 bridgehead atoms. The lowest BCUT2D eigenvalue weighted by atomic mass is 10.1. The molecule has 1 aliphatic rings. The molecule has 0 spiro atoms. The van der Waals surface area contributed by atoms with Crippen LogP contribution in [0.4, 0.5) is 0 Å². The first-order chi connectivity index (χ1) is 6.61. The maximum atomic E-state index is 11.2. The lowest BCUT2D eigenvalue weighted by molar-refractivity contribution is -0.124. The molecular formula is C11H23NO2Si. The van der Waals surface area contributed by atoms with Crippen LogP contribution in [0.5, 0.6) is 0 Å². The highest BCUT2D eigenvalue weighted by Crippen LogP contribution is 2.47. The van der Waals surface area contributed by atoms with E-state index in [-0.39, 0.29) is 16.4 Å². The van der Waals surface area contributed by atoms with Crippen LogP contribution < -0.4 is 5.73 Å². The molecule has 4 heteroatoms. The minimum atomic E-state index is -1.73. The molecular weight excluding hydrogens is 206 g/mol. The number of nitrogens with two attached hydrogens (primary N) is 1. The highest BCUT2D eigenvalue weighted by atomic mass is 28.4. The van der Waals surface area contributed by atoms with Gasteiger partial charge in [-0.2, -0.15) is 0 Å². The Morgan fingerprint density at radius 2 is 1.87 bits per heavy atom. The largest absolute Gasteiger partial charge is 0.416 e. The van der Waals surface area contributed by atoms with Gasteiger partial charge in [-0.15, -0.1) is 0 Å². The van der Waals surface area contributed by atoms with E-state index in [2.05, 4.69) is 33.9 Å². The molecule has 0 atom stereocenters. The minimum Gasteiger partial charge on any atom is -0.416 e. The molecule has 1 rings (SSSR count). The van der Waals surface area contributed by atoms with Crippen molar-refractivity contribution in [3.63, 3.8) is 0 Å². The van der Waals surface area contributed by atoms with E-state index in [9.17, 15) is 4.79 Å². The van der Waals surface area contributed by atoms with E-state index in [0.29, 0.717) is 6.61 Å². The van der Waals surface area contributed by atoms with Crippen LogP contribution in [0.1, 0.15) is 33.6 Å². The summed E-state index contributed by atoms with van der Waals surface area (Å²) in [5, 5.41) is 0.195. The Labute approximate surface area is 93.5 Å². The minimum absolute atomic E-state index is 0.193. The van der Waals surface area contributed by atoms with Crippen molar-refractivity contribution in [1.82, 2.24) is 0 Å². The SMILES string of the molecule is CC(C)(C)[Si](C)(C)OCC1(C(N)=O)CC1. The summed E-state index contributed by atoms with van der Waals surface area (Å²) in [7, 11) is -1.73. The van der Waals surface area contributed by atoms with Gasteiger partial charge in [-0.1, -0.05) is 20.8 Å². The molecule has 0 radical (unpaired) electrons. The van der Waals surface area contributed by atoms with Crippen molar-refractivity contribution in [2.75, 3.05) is 6.61 Å². The van der Waals surface area contributed by atoms with Crippen molar-refractivity contribution in [1.29, 1.82) is 0 Å². The second kappa shape index (κ2) is 3.59. The maximum Gasteiger partial charge on any atom is 0.225 e. The van der Waals surface area contributed by atoms with Crippen molar-refractivity contribution < 1.29 is 9.22 Å². The van der Waals surface area contributed by atoms with E-state index in [1.807, 2.05) is 0 Å². The lowest BCUT2D eigenvalue weighted by Gasteiger charge is -2.37. The van der Waals surface area contributed by atoms with Crippen LogP contribution in [0.15, 0.2) is 0 Å². The molecule has 1 fully saturated rings. The van der Waals surface area contributed by atoms with E-state index in [1.54, 1.807) is 0 Å². The molecule has 1 aliphatic carbocycles. The number of rotatable bonds is 4. The van der Waals surface area contributed by atoms with E-state index in [0.717, 1.165) is 12.8 Å². The van der Waals surface area contributed by atoms with Crippen LogP contribution in [-0.2, 0) is 9.22 Å². The van der Waals surface area contributed by atoms with Crippen LogP contribution in [0, 0.1) is 5.41 Å². The van der Waals surface area contributed by atoms with Gasteiger partial charge in [0.15, 0.2) is 8.32 Å². The Morgan fingerprint density at radius 1 is 1.40 bits per heavy atom. The van der Waals surface area contributed by atoms with Crippen LogP contribution in [0.3, 0.4) is 0 Å². The summed E-state index contributed by atoms with van der Waals surface area (Å²) in [4.78, 5) is 11.2. The zero-order valence-electron chi connectivity index (χ0n) is 10.5. The van der Waals surface area contributed by atoms with Gasteiger partial charge in [-0.25, -0.2) is 0 Å². The number of primary amides is 1. The van der Waals surface area contributed by atoms with Gasteiger partial charge in [-0.3, -0.25) is 4.79 Å². The lowest BCUT2D eigenvalue weighted by Crippen LogP contribution is -2.43. The summed E-state index contributed by atoms with van der Waals surface area (Å²) in [6.45, 7) is 11.5. The topological polar surface area (TPSA) is 52.3 Å². The van der Waals surface area contributed by atoms with Gasteiger partial charge in [0.2, 0.25) is 5.91 Å². The number of hydrogen-bond acceptors (Lipinski definition) is 2. The standard InChI is InChI=1S/C11H23NO2Si/c1-10(2,3)15(4,5)14-8-11(6-7-11)9(12)13/h6-8H2,1-5H3,(H2,12,13). The van der Waals surface area contributed by atoms with Crippen LogP contribution in [-0.4, -0.2) is 20.8 Å². The van der Waals surface area contributed by atoms with Gasteiger partial charge in [0.25, 0.3) is 0 Å². The molecule has 2 N–H and O–H groups in total. The fourth-order valence-electron chi connectivity index (χ4n) is 1.15. The Hall–Kier alpha value is -0.353. The van der Waals surface area contributed by atoms with Gasteiger partial charge in [0, 0.05) is 6.61 Å². The molecule has 88 valence electrons. The van der Waals surface area contributed by atoms with Crippen molar-refractivity contribution in [2.45, 2.75) is 51.7 Å². The fourth-order valence-corrected chi connectivity index (χ4v) is 2.22. The molecule has 15 heavy (non-hydrogen) atoms. The van der Waals surface area contributed by atoms with Crippen LogP contribution in [0.25, 0.3) is 0 Å². The Balaban J connectivity index is 2.54. The summed E-state index contributed by atoms with van der Waals surface area (Å²) in [5.41, 5.74) is 5.04. The highest BCUT2D eigenvalue weighted by Gasteiger charge is 2.50. The van der Waals surface area contributed by atoms with E-state index in [1.165, 1.54) is 0 Å². The summed E-state index contributed by atoms with van der Waals surface area (Å²) in [6.07, 6.45) is 1.80. The summed E-state index contributed by atoms with van der Waals surface area (Å²) < 4.78 is 6.02. The predicted molar refractivity (Wildman–Crippen MR) is 64.0 cm³/mol. The van der Waals surface area contributed by atoms with E-state index < -0.39 is 8.32 Å². The quantitative estimate of drug-likeness (QED) is 0.752. The molecule has 0 aromatic carbocycles. The third kappa shape index (κ3) is 2.61. The second-order valence-electron chi connectivity index (χ2n) is 6.19. The first kappa shape index (κ1) is 12.7. The van der Waals surface area contributed by atoms with Gasteiger partial charge in [0.1, 0.15) is 0 Å². The van der Waals surface area contributed by atoms with Crippen LogP contribution >= 0.6 is 0 Å². The third-order valence-electron chi connectivity index (χ3n) is 3.89. The average Bonchev–Trinajstić information content (AvgIpc) is 2.79. The van der Waals surface area contributed by atoms with Gasteiger partial charge >= 0.3 is 0 Å². The summed E-state index contributed by atoms with van der Waals surface area (Å²) >= 11 is 0. The van der Waals surface area contributed by atoms with Gasteiger partial charge in [-0.05, 0) is 31.0 Å². The van der Waals surface area contributed by atoms with E-state index >= 15 is 0 Å². The average molecular weight is 229 g/mol. The van der Waals surface area contributed by atoms with Gasteiger partial charge in [0.05, 0.1) is 5.41 Å². The first-order valence-corrected chi connectivity index (χ1v) is 8.45. The second-order valence-corrected chi connectivity index (χ2v) is 11.0. The Morgan fingerprint density at radius 3 is 2.13 bits per heavy atom. The predicted octanol–water partition coefficient (Wildman–Crippen LogP) is 2.27.